The number of rotatable bonds is 4. The largest absolute Gasteiger partial charge is 0.350 e. The van der Waals surface area contributed by atoms with Crippen molar-refractivity contribution in [1.29, 1.82) is 0 Å². The fourth-order valence-corrected chi connectivity index (χ4v) is 6.03. The molecule has 0 aliphatic carbocycles. The number of aromatic nitrogens is 7. The molecule has 5 aromatic rings. The van der Waals surface area contributed by atoms with E-state index in [1.165, 1.54) is 22.5 Å². The second-order valence-corrected chi connectivity index (χ2v) is 11.8. The molecule has 1 N–H and O–H groups in total. The van der Waals surface area contributed by atoms with Gasteiger partial charge in [-0.15, -0.1) is 5.10 Å². The summed E-state index contributed by atoms with van der Waals surface area (Å²) in [4.78, 5) is 31.6. The van der Waals surface area contributed by atoms with Crippen LogP contribution in [-0.2, 0) is 11.8 Å². The van der Waals surface area contributed by atoms with Crippen LogP contribution >= 0.6 is 23.2 Å². The first-order valence-corrected chi connectivity index (χ1v) is 14.9. The number of amides is 1. The zero-order chi connectivity index (χ0) is 31.1. The van der Waals surface area contributed by atoms with E-state index in [0.29, 0.717) is 69.4 Å². The highest BCUT2D eigenvalue weighted by atomic mass is 35.5. The smallest absolute Gasteiger partial charge is 0.227 e. The minimum absolute atomic E-state index is 0.171. The van der Waals surface area contributed by atoms with Gasteiger partial charge < -0.3 is 9.88 Å². The molecule has 2 bridgehead atoms. The van der Waals surface area contributed by atoms with Gasteiger partial charge >= 0.3 is 0 Å². The van der Waals surface area contributed by atoms with Crippen molar-refractivity contribution in [2.24, 2.45) is 13.0 Å². The number of nitrogens with zero attached hydrogens (tertiary/aromatic N) is 7. The van der Waals surface area contributed by atoms with Crippen molar-refractivity contribution in [3.05, 3.63) is 92.8 Å². The molecule has 3 atom stereocenters. The van der Waals surface area contributed by atoms with Gasteiger partial charge in [-0.1, -0.05) is 41.8 Å². The number of carbonyl (C=O) groups is 1. The van der Waals surface area contributed by atoms with Crippen LogP contribution in [0.15, 0.2) is 66.0 Å². The average molecular weight is 636 g/mol. The molecule has 226 valence electrons. The Kier molecular flexibility index (Phi) is 8.08. The molecule has 1 aliphatic rings. The molecule has 10 nitrogen and oxygen atoms in total. The third-order valence-electron chi connectivity index (χ3n) is 7.97. The number of hydrogen-bond donors (Lipinski definition) is 1. The maximum Gasteiger partial charge on any atom is 0.227 e. The van der Waals surface area contributed by atoms with E-state index in [9.17, 15) is 14.0 Å². The van der Waals surface area contributed by atoms with Crippen molar-refractivity contribution in [2.45, 2.75) is 45.3 Å². The fourth-order valence-electron chi connectivity index (χ4n) is 5.73. The lowest BCUT2D eigenvalue weighted by molar-refractivity contribution is -0.119. The zero-order valence-electron chi connectivity index (χ0n) is 24.2. The highest BCUT2D eigenvalue weighted by Crippen LogP contribution is 2.36. The van der Waals surface area contributed by atoms with Crippen molar-refractivity contribution < 1.29 is 9.18 Å². The van der Waals surface area contributed by atoms with E-state index in [4.69, 9.17) is 23.2 Å². The molecular weight excluding hydrogens is 606 g/mol. The van der Waals surface area contributed by atoms with Gasteiger partial charge in [0, 0.05) is 64.8 Å². The van der Waals surface area contributed by atoms with Gasteiger partial charge in [-0.3, -0.25) is 14.6 Å². The van der Waals surface area contributed by atoms with Crippen LogP contribution in [0.1, 0.15) is 56.6 Å². The third-order valence-corrected chi connectivity index (χ3v) is 8.37. The molecule has 0 spiro atoms. The van der Waals surface area contributed by atoms with E-state index in [2.05, 4.69) is 25.7 Å². The Balaban J connectivity index is 1.48. The number of pyridine rings is 2. The second-order valence-electron chi connectivity index (χ2n) is 11.0. The lowest BCUT2D eigenvalue weighted by atomic mass is 9.87. The van der Waals surface area contributed by atoms with Gasteiger partial charge in [0.25, 0.3) is 0 Å². The summed E-state index contributed by atoms with van der Waals surface area (Å²) < 4.78 is 19.3. The maximum absolute atomic E-state index is 14.6. The van der Waals surface area contributed by atoms with E-state index in [0.717, 1.165) is 0 Å². The highest BCUT2D eigenvalue weighted by Gasteiger charge is 2.26. The first kappa shape index (κ1) is 29.7. The molecule has 44 heavy (non-hydrogen) atoms. The molecular formula is C31H29Cl2FN8O2. The Hall–Kier alpha value is -4.35. The predicted octanol–water partition coefficient (Wildman–Crippen LogP) is 6.58. The third kappa shape index (κ3) is 5.65. The summed E-state index contributed by atoms with van der Waals surface area (Å²) in [6.45, 7) is 3.24. The van der Waals surface area contributed by atoms with Crippen LogP contribution in [0.4, 0.5) is 10.1 Å². The van der Waals surface area contributed by atoms with E-state index < -0.39 is 6.30 Å². The van der Waals surface area contributed by atoms with Crippen molar-refractivity contribution in [2.75, 3.05) is 5.32 Å². The van der Waals surface area contributed by atoms with E-state index >= 15 is 0 Å². The Morgan fingerprint density at radius 3 is 2.66 bits per heavy atom. The zero-order valence-corrected chi connectivity index (χ0v) is 25.7. The fraction of sp³-hybridized carbons (Fsp3) is 0.290. The van der Waals surface area contributed by atoms with Crippen molar-refractivity contribution >= 4 is 34.8 Å². The van der Waals surface area contributed by atoms with Crippen LogP contribution in [0.5, 0.6) is 0 Å². The molecule has 1 aliphatic heterocycles. The predicted molar refractivity (Wildman–Crippen MR) is 167 cm³/mol. The normalized spacial score (nSPS) is 17.7. The van der Waals surface area contributed by atoms with Crippen LogP contribution in [-0.4, -0.2) is 40.2 Å². The molecule has 13 heteroatoms. The number of anilines is 1. The monoisotopic (exact) mass is 634 g/mol. The standard InChI is InChI=1S/C31H29Cl2FN8O2/c1-17-5-4-6-21(24-11-19(9-10-35-24)30-25(37-31(17)44)14-36-42(30)18(2)34)23-15-40(3)27(13-28(23)43)22-12-20(32)7-8-26(22)41-16-29(33)38-39-41/h7-18,21H,4-6H2,1-3H3,(H,37,44)/t17-,18?,21-/m1/s1. The van der Waals surface area contributed by atoms with E-state index in [1.807, 2.05) is 30.8 Å². The summed E-state index contributed by atoms with van der Waals surface area (Å²) in [7, 11) is 1.86. The Bertz CT molecular complexity index is 1930. The van der Waals surface area contributed by atoms with Crippen LogP contribution in [0, 0.1) is 5.92 Å². The number of aryl methyl sites for hydroxylation is 1. The number of halogens is 3. The number of nitrogens with one attached hydrogen (secondary N) is 1. The summed E-state index contributed by atoms with van der Waals surface area (Å²) >= 11 is 12.4. The average Bonchev–Trinajstić information content (AvgIpc) is 3.62. The van der Waals surface area contributed by atoms with Crippen LogP contribution in [0.3, 0.4) is 0 Å². The van der Waals surface area contributed by atoms with Gasteiger partial charge in [0.05, 0.1) is 35.2 Å². The van der Waals surface area contributed by atoms with E-state index in [1.54, 1.807) is 42.7 Å². The first-order valence-electron chi connectivity index (χ1n) is 14.2. The van der Waals surface area contributed by atoms with Crippen molar-refractivity contribution in [3.63, 3.8) is 0 Å². The Labute approximate surface area is 262 Å². The summed E-state index contributed by atoms with van der Waals surface area (Å²) in [6.07, 6.45) is 6.91. The second kappa shape index (κ2) is 12.0. The van der Waals surface area contributed by atoms with Gasteiger partial charge in [0.15, 0.2) is 16.9 Å². The maximum atomic E-state index is 14.6. The van der Waals surface area contributed by atoms with Crippen LogP contribution in [0.2, 0.25) is 10.2 Å². The van der Waals surface area contributed by atoms with Gasteiger partial charge in [0.1, 0.15) is 0 Å². The highest BCUT2D eigenvalue weighted by molar-refractivity contribution is 6.31. The minimum atomic E-state index is -1.43. The lowest BCUT2D eigenvalue weighted by Gasteiger charge is -2.22. The number of carbonyl (C=O) groups excluding carboxylic acids is 1. The molecule has 5 heterocycles. The Morgan fingerprint density at radius 2 is 1.91 bits per heavy atom. The molecule has 1 aromatic carbocycles. The molecule has 1 amide bonds. The van der Waals surface area contributed by atoms with Crippen LogP contribution < -0.4 is 10.7 Å². The number of fused-ring (bicyclic) bond motifs is 4. The van der Waals surface area contributed by atoms with E-state index in [-0.39, 0.29) is 28.3 Å². The molecule has 0 saturated heterocycles. The molecule has 0 saturated carbocycles. The molecule has 6 rings (SSSR count). The molecule has 4 aromatic heterocycles. The van der Waals surface area contributed by atoms with Crippen LogP contribution in [0.25, 0.3) is 28.2 Å². The molecule has 0 radical (unpaired) electrons. The molecule has 0 fully saturated rings. The van der Waals surface area contributed by atoms with Gasteiger partial charge in [-0.2, -0.15) is 5.10 Å². The SMILES string of the molecule is CC(F)n1ncc2c1-c1ccnc(c1)[C@@H](c1cn(C)c(-c3cc(Cl)ccc3-n3cc(Cl)nn3)cc1=O)CCC[C@@H](C)C(=O)N2. The summed E-state index contributed by atoms with van der Waals surface area (Å²) in [5.41, 5.74) is 4.47. The van der Waals surface area contributed by atoms with Gasteiger partial charge in [-0.25, -0.2) is 13.8 Å². The minimum Gasteiger partial charge on any atom is -0.350 e. The van der Waals surface area contributed by atoms with Crippen molar-refractivity contribution in [3.8, 4) is 28.2 Å². The Morgan fingerprint density at radius 1 is 1.09 bits per heavy atom. The van der Waals surface area contributed by atoms with Crippen molar-refractivity contribution in [1.82, 2.24) is 34.3 Å². The molecule has 1 unspecified atom stereocenters. The lowest BCUT2D eigenvalue weighted by Crippen LogP contribution is -2.22. The quantitative estimate of drug-likeness (QED) is 0.239. The van der Waals surface area contributed by atoms with Gasteiger partial charge in [0.2, 0.25) is 5.91 Å². The summed E-state index contributed by atoms with van der Waals surface area (Å²) in [5.74, 6) is -0.861. The first-order chi connectivity index (χ1) is 21.1. The van der Waals surface area contributed by atoms with Gasteiger partial charge in [-0.05, 0) is 50.1 Å². The number of alkyl halides is 1. The number of benzene rings is 1. The summed E-state index contributed by atoms with van der Waals surface area (Å²) in [6, 6.07) is 10.5. The summed E-state index contributed by atoms with van der Waals surface area (Å²) in [5, 5.41) is 15.8. The topological polar surface area (TPSA) is 113 Å². The number of hydrogen-bond acceptors (Lipinski definition) is 6.